The number of hydrogen-bond acceptors (Lipinski definition) is 3. The van der Waals surface area contributed by atoms with E-state index in [0.717, 1.165) is 5.56 Å². The fourth-order valence-electron chi connectivity index (χ4n) is 3.05. The van der Waals surface area contributed by atoms with Crippen molar-refractivity contribution in [2.75, 3.05) is 19.8 Å². The molecule has 1 amide bonds. The van der Waals surface area contributed by atoms with Crippen molar-refractivity contribution in [2.45, 2.75) is 26.8 Å². The molecule has 1 aromatic heterocycles. The number of rotatable bonds is 5. The molecule has 0 aliphatic carbocycles. The molecule has 3 rings (SSSR count). The van der Waals surface area contributed by atoms with E-state index < -0.39 is 0 Å². The summed E-state index contributed by atoms with van der Waals surface area (Å²) in [5.41, 5.74) is 1.64. The summed E-state index contributed by atoms with van der Waals surface area (Å²) in [6.45, 7) is 7.59. The number of carbonyl (C=O) groups excluding carboxylic acids is 1. The molecule has 5 heteroatoms. The van der Waals surface area contributed by atoms with Gasteiger partial charge in [-0.05, 0) is 31.0 Å². The monoisotopic (exact) mass is 340 g/mol. The summed E-state index contributed by atoms with van der Waals surface area (Å²) >= 11 is 0. The number of benzene rings is 1. The average Bonchev–Trinajstić information content (AvgIpc) is 2.58. The van der Waals surface area contributed by atoms with Crippen molar-refractivity contribution in [3.05, 3.63) is 69.6 Å². The van der Waals surface area contributed by atoms with E-state index in [1.165, 1.54) is 0 Å². The van der Waals surface area contributed by atoms with Crippen LogP contribution in [-0.2, 0) is 4.74 Å². The quantitative estimate of drug-likeness (QED) is 0.910. The third-order valence-corrected chi connectivity index (χ3v) is 4.83. The van der Waals surface area contributed by atoms with Gasteiger partial charge in [-0.2, -0.15) is 0 Å². The fraction of sp³-hybridized carbons (Fsp3) is 0.400. The van der Waals surface area contributed by atoms with Crippen molar-refractivity contribution in [3.63, 3.8) is 0 Å². The van der Waals surface area contributed by atoms with Crippen molar-refractivity contribution in [3.8, 4) is 0 Å². The predicted octanol–water partition coefficient (Wildman–Crippen LogP) is 2.53. The van der Waals surface area contributed by atoms with Gasteiger partial charge in [-0.15, -0.1) is 0 Å². The summed E-state index contributed by atoms with van der Waals surface area (Å²) < 4.78 is 6.82. The van der Waals surface area contributed by atoms with Gasteiger partial charge in [0.05, 0.1) is 19.3 Å². The van der Waals surface area contributed by atoms with Gasteiger partial charge in [0.25, 0.3) is 11.5 Å². The second-order valence-electron chi connectivity index (χ2n) is 7.16. The molecule has 2 heterocycles. The SMILES string of the molecule is Cc1ccn(C(C)c2ccccc2)c(=O)c1C(=O)NCC1(C)COC1. The maximum atomic E-state index is 12.9. The molecular formula is C20H24N2O3. The molecule has 132 valence electrons. The smallest absolute Gasteiger partial charge is 0.264 e. The zero-order valence-corrected chi connectivity index (χ0v) is 14.9. The number of aryl methyl sites for hydroxylation is 1. The Labute approximate surface area is 147 Å². The number of nitrogens with zero attached hydrogens (tertiary/aromatic N) is 1. The highest BCUT2D eigenvalue weighted by Crippen LogP contribution is 2.25. The number of ether oxygens (including phenoxy) is 1. The number of amides is 1. The Hall–Kier alpha value is -2.40. The number of pyridine rings is 1. The lowest BCUT2D eigenvalue weighted by Gasteiger charge is -2.38. The van der Waals surface area contributed by atoms with Gasteiger partial charge < -0.3 is 14.6 Å². The highest BCUT2D eigenvalue weighted by molar-refractivity contribution is 5.95. The van der Waals surface area contributed by atoms with Crippen LogP contribution in [0, 0.1) is 12.3 Å². The molecule has 2 aromatic rings. The Bertz CT molecular complexity index is 823. The van der Waals surface area contributed by atoms with Crippen LogP contribution in [0.25, 0.3) is 0 Å². The molecule has 1 aromatic carbocycles. The predicted molar refractivity (Wildman–Crippen MR) is 97.0 cm³/mol. The first-order valence-corrected chi connectivity index (χ1v) is 8.54. The van der Waals surface area contributed by atoms with Crippen LogP contribution in [0.5, 0.6) is 0 Å². The molecule has 0 saturated carbocycles. The van der Waals surface area contributed by atoms with Crippen LogP contribution >= 0.6 is 0 Å². The summed E-state index contributed by atoms with van der Waals surface area (Å²) in [6.07, 6.45) is 1.76. The standard InChI is InChI=1S/C20H24N2O3/c1-14-9-10-22(15(2)16-7-5-4-6-8-16)19(24)17(14)18(23)21-11-20(3)12-25-13-20/h4-10,15H,11-13H2,1-3H3,(H,21,23). The van der Waals surface area contributed by atoms with E-state index in [-0.39, 0.29) is 28.5 Å². The molecule has 1 aliphatic heterocycles. The molecular weight excluding hydrogens is 316 g/mol. The third kappa shape index (κ3) is 3.51. The molecule has 1 saturated heterocycles. The van der Waals surface area contributed by atoms with E-state index in [4.69, 9.17) is 4.74 Å². The van der Waals surface area contributed by atoms with Crippen LogP contribution in [0.3, 0.4) is 0 Å². The zero-order valence-electron chi connectivity index (χ0n) is 14.9. The number of hydrogen-bond donors (Lipinski definition) is 1. The van der Waals surface area contributed by atoms with Gasteiger partial charge in [0, 0.05) is 18.2 Å². The molecule has 1 N–H and O–H groups in total. The van der Waals surface area contributed by atoms with Crippen LogP contribution in [0.1, 0.15) is 41.4 Å². The van der Waals surface area contributed by atoms with E-state index >= 15 is 0 Å². The van der Waals surface area contributed by atoms with E-state index in [2.05, 4.69) is 12.2 Å². The van der Waals surface area contributed by atoms with Gasteiger partial charge in [-0.25, -0.2) is 0 Å². The van der Waals surface area contributed by atoms with Crippen LogP contribution in [0.15, 0.2) is 47.4 Å². The lowest BCUT2D eigenvalue weighted by Crippen LogP contribution is -2.49. The Kier molecular flexibility index (Phi) is 4.77. The van der Waals surface area contributed by atoms with Crippen molar-refractivity contribution < 1.29 is 9.53 Å². The Morgan fingerprint density at radius 3 is 2.56 bits per heavy atom. The molecule has 0 spiro atoms. The second-order valence-corrected chi connectivity index (χ2v) is 7.16. The molecule has 1 aliphatic rings. The van der Waals surface area contributed by atoms with E-state index in [0.29, 0.717) is 25.3 Å². The van der Waals surface area contributed by atoms with E-state index in [1.807, 2.05) is 43.3 Å². The molecule has 5 nitrogen and oxygen atoms in total. The maximum absolute atomic E-state index is 12.9. The minimum Gasteiger partial charge on any atom is -0.380 e. The summed E-state index contributed by atoms with van der Waals surface area (Å²) in [7, 11) is 0. The number of aromatic nitrogens is 1. The average molecular weight is 340 g/mol. The van der Waals surface area contributed by atoms with Gasteiger partial charge in [0.15, 0.2) is 0 Å². The second kappa shape index (κ2) is 6.84. The first-order chi connectivity index (χ1) is 11.9. The van der Waals surface area contributed by atoms with Gasteiger partial charge in [-0.3, -0.25) is 9.59 Å². The van der Waals surface area contributed by atoms with Gasteiger partial charge in [0.1, 0.15) is 5.56 Å². The minimum absolute atomic E-state index is 0.0330. The summed E-state index contributed by atoms with van der Waals surface area (Å²) in [5, 5.41) is 2.90. The normalized spacial score (nSPS) is 16.8. The van der Waals surface area contributed by atoms with Crippen LogP contribution in [0.4, 0.5) is 0 Å². The lowest BCUT2D eigenvalue weighted by molar-refractivity contribution is -0.0978. The van der Waals surface area contributed by atoms with Crippen LogP contribution in [0.2, 0.25) is 0 Å². The maximum Gasteiger partial charge on any atom is 0.264 e. The highest BCUT2D eigenvalue weighted by Gasteiger charge is 2.34. The number of nitrogens with one attached hydrogen (secondary N) is 1. The van der Waals surface area contributed by atoms with E-state index in [9.17, 15) is 9.59 Å². The molecule has 1 fully saturated rings. The first kappa shape index (κ1) is 17.4. The largest absolute Gasteiger partial charge is 0.380 e. The van der Waals surface area contributed by atoms with Crippen molar-refractivity contribution in [1.82, 2.24) is 9.88 Å². The molecule has 0 radical (unpaired) electrons. The summed E-state index contributed by atoms with van der Waals surface area (Å²) in [6, 6.07) is 11.5. The zero-order chi connectivity index (χ0) is 18.0. The van der Waals surface area contributed by atoms with Crippen molar-refractivity contribution in [2.24, 2.45) is 5.41 Å². The summed E-state index contributed by atoms with van der Waals surface area (Å²) in [4.78, 5) is 25.6. The third-order valence-electron chi connectivity index (χ3n) is 4.83. The van der Waals surface area contributed by atoms with Crippen molar-refractivity contribution in [1.29, 1.82) is 0 Å². The molecule has 1 atom stereocenters. The topological polar surface area (TPSA) is 60.3 Å². The van der Waals surface area contributed by atoms with Gasteiger partial charge in [0.2, 0.25) is 0 Å². The number of carbonyl (C=O) groups is 1. The summed E-state index contributed by atoms with van der Waals surface area (Å²) in [5.74, 6) is -0.315. The van der Waals surface area contributed by atoms with Crippen LogP contribution in [-0.4, -0.2) is 30.2 Å². The highest BCUT2D eigenvalue weighted by atomic mass is 16.5. The van der Waals surface area contributed by atoms with Gasteiger partial charge in [-0.1, -0.05) is 37.3 Å². The molecule has 1 unspecified atom stereocenters. The van der Waals surface area contributed by atoms with Gasteiger partial charge >= 0.3 is 0 Å². The molecule has 25 heavy (non-hydrogen) atoms. The molecule has 0 bridgehead atoms. The lowest BCUT2D eigenvalue weighted by atomic mass is 9.88. The Morgan fingerprint density at radius 1 is 1.28 bits per heavy atom. The van der Waals surface area contributed by atoms with Crippen molar-refractivity contribution >= 4 is 5.91 Å². The Morgan fingerprint density at radius 2 is 1.96 bits per heavy atom. The van der Waals surface area contributed by atoms with E-state index in [1.54, 1.807) is 17.7 Å². The Balaban J connectivity index is 1.87. The van der Waals surface area contributed by atoms with Crippen LogP contribution < -0.4 is 10.9 Å². The minimum atomic E-state index is -0.315. The fourth-order valence-corrected chi connectivity index (χ4v) is 3.05. The first-order valence-electron chi connectivity index (χ1n) is 8.54.